The highest BCUT2D eigenvalue weighted by atomic mass is 16.5. The molecule has 0 saturated carbocycles. The maximum absolute atomic E-state index is 5.29. The molecule has 0 saturated heterocycles. The Hall–Kier alpha value is -1.77. The summed E-state index contributed by atoms with van der Waals surface area (Å²) in [4.78, 5) is 4.47. The summed E-state index contributed by atoms with van der Waals surface area (Å²) in [6.07, 6.45) is 1.84. The Kier molecular flexibility index (Phi) is 3.65. The van der Waals surface area contributed by atoms with Gasteiger partial charge >= 0.3 is 0 Å². The summed E-state index contributed by atoms with van der Waals surface area (Å²) in [6.45, 7) is 8.84. The van der Waals surface area contributed by atoms with Crippen LogP contribution in [0.3, 0.4) is 0 Å². The lowest BCUT2D eigenvalue weighted by atomic mass is 9.88. The number of rotatable bonds is 3. The molecule has 0 amide bonds. The molecule has 2 aromatic rings. The molecule has 0 aliphatic rings. The SMILES string of the molecule is COc1ccc2ccnc(NC(C)C(C)(C)C)c2c1. The fourth-order valence-electron chi connectivity index (χ4n) is 1.81. The molecule has 1 aromatic heterocycles. The van der Waals surface area contributed by atoms with E-state index in [4.69, 9.17) is 4.74 Å². The van der Waals surface area contributed by atoms with Crippen LogP contribution in [0.2, 0.25) is 0 Å². The summed E-state index contributed by atoms with van der Waals surface area (Å²) >= 11 is 0. The standard InChI is InChI=1S/C16H22N2O/c1-11(16(2,3)4)18-15-14-10-13(19-5)7-6-12(14)8-9-17-15/h6-11H,1-5H3,(H,17,18). The molecule has 1 atom stereocenters. The van der Waals surface area contributed by atoms with Crippen LogP contribution < -0.4 is 10.1 Å². The zero-order valence-corrected chi connectivity index (χ0v) is 12.3. The first-order chi connectivity index (χ1) is 8.91. The number of ether oxygens (including phenoxy) is 1. The van der Waals surface area contributed by atoms with Gasteiger partial charge in [0.2, 0.25) is 0 Å². The highest BCUT2D eigenvalue weighted by Gasteiger charge is 2.20. The molecule has 2 rings (SSSR count). The number of anilines is 1. The van der Waals surface area contributed by atoms with E-state index >= 15 is 0 Å². The number of nitrogens with one attached hydrogen (secondary N) is 1. The lowest BCUT2D eigenvalue weighted by Crippen LogP contribution is -2.31. The summed E-state index contributed by atoms with van der Waals surface area (Å²) in [7, 11) is 1.68. The van der Waals surface area contributed by atoms with Crippen molar-refractivity contribution in [1.29, 1.82) is 0 Å². The van der Waals surface area contributed by atoms with Crippen molar-refractivity contribution in [3.63, 3.8) is 0 Å². The molecule has 3 nitrogen and oxygen atoms in total. The molecule has 0 spiro atoms. The lowest BCUT2D eigenvalue weighted by Gasteiger charge is -2.29. The zero-order valence-electron chi connectivity index (χ0n) is 12.3. The molecule has 1 heterocycles. The number of hydrogen-bond acceptors (Lipinski definition) is 3. The van der Waals surface area contributed by atoms with Gasteiger partial charge in [-0.15, -0.1) is 0 Å². The van der Waals surface area contributed by atoms with Gasteiger partial charge in [0.25, 0.3) is 0 Å². The molecule has 102 valence electrons. The van der Waals surface area contributed by atoms with Crippen LogP contribution in [0.25, 0.3) is 10.8 Å². The summed E-state index contributed by atoms with van der Waals surface area (Å²) in [5, 5.41) is 5.77. The van der Waals surface area contributed by atoms with Gasteiger partial charge in [0, 0.05) is 17.6 Å². The molecule has 0 fully saturated rings. The third kappa shape index (κ3) is 2.98. The second kappa shape index (κ2) is 5.08. The van der Waals surface area contributed by atoms with Gasteiger partial charge in [0.1, 0.15) is 11.6 Å². The van der Waals surface area contributed by atoms with Crippen LogP contribution >= 0.6 is 0 Å². The number of fused-ring (bicyclic) bond motifs is 1. The summed E-state index contributed by atoms with van der Waals surface area (Å²) in [6, 6.07) is 8.40. The predicted molar refractivity (Wildman–Crippen MR) is 80.8 cm³/mol. The lowest BCUT2D eigenvalue weighted by molar-refractivity contribution is 0.359. The van der Waals surface area contributed by atoms with Crippen LogP contribution in [-0.4, -0.2) is 18.1 Å². The van der Waals surface area contributed by atoms with Crippen LogP contribution in [-0.2, 0) is 0 Å². The molecule has 1 N–H and O–H groups in total. The first-order valence-electron chi connectivity index (χ1n) is 6.61. The van der Waals surface area contributed by atoms with Crippen molar-refractivity contribution in [3.05, 3.63) is 30.5 Å². The summed E-state index contributed by atoms with van der Waals surface area (Å²) < 4.78 is 5.29. The molecule has 0 aliphatic heterocycles. The van der Waals surface area contributed by atoms with Gasteiger partial charge in [-0.05, 0) is 35.9 Å². The topological polar surface area (TPSA) is 34.1 Å². The molecule has 3 heteroatoms. The molecular weight excluding hydrogens is 236 g/mol. The van der Waals surface area contributed by atoms with Gasteiger partial charge in [-0.2, -0.15) is 0 Å². The van der Waals surface area contributed by atoms with E-state index in [0.717, 1.165) is 17.0 Å². The van der Waals surface area contributed by atoms with E-state index in [1.807, 2.05) is 24.4 Å². The van der Waals surface area contributed by atoms with E-state index in [9.17, 15) is 0 Å². The van der Waals surface area contributed by atoms with Gasteiger partial charge < -0.3 is 10.1 Å². The van der Waals surface area contributed by atoms with Crippen molar-refractivity contribution in [2.75, 3.05) is 12.4 Å². The minimum Gasteiger partial charge on any atom is -0.497 e. The van der Waals surface area contributed by atoms with Crippen molar-refractivity contribution >= 4 is 16.6 Å². The Morgan fingerprint density at radius 2 is 1.95 bits per heavy atom. The maximum atomic E-state index is 5.29. The van der Waals surface area contributed by atoms with Gasteiger partial charge in [-0.1, -0.05) is 26.8 Å². The van der Waals surface area contributed by atoms with Crippen LogP contribution in [0.4, 0.5) is 5.82 Å². The first kappa shape index (κ1) is 13.7. The van der Waals surface area contributed by atoms with Gasteiger partial charge in [-0.25, -0.2) is 4.98 Å². The third-order valence-corrected chi connectivity index (χ3v) is 3.63. The average molecular weight is 258 g/mol. The number of methoxy groups -OCH3 is 1. The highest BCUT2D eigenvalue weighted by Crippen LogP contribution is 2.28. The number of hydrogen-bond donors (Lipinski definition) is 1. The number of aromatic nitrogens is 1. The molecule has 0 radical (unpaired) electrons. The molecule has 19 heavy (non-hydrogen) atoms. The quantitative estimate of drug-likeness (QED) is 0.900. The van der Waals surface area contributed by atoms with E-state index in [1.165, 1.54) is 5.39 Å². The van der Waals surface area contributed by atoms with E-state index in [0.29, 0.717) is 6.04 Å². The summed E-state index contributed by atoms with van der Waals surface area (Å²) in [5.41, 5.74) is 0.183. The van der Waals surface area contributed by atoms with Gasteiger partial charge in [0.15, 0.2) is 0 Å². The van der Waals surface area contributed by atoms with Crippen LogP contribution in [0.1, 0.15) is 27.7 Å². The van der Waals surface area contributed by atoms with Crippen molar-refractivity contribution < 1.29 is 4.74 Å². The van der Waals surface area contributed by atoms with Crippen LogP contribution in [0.15, 0.2) is 30.5 Å². The predicted octanol–water partition coefficient (Wildman–Crippen LogP) is 4.09. The zero-order chi connectivity index (χ0) is 14.0. The Labute approximate surface area is 115 Å². The van der Waals surface area contributed by atoms with Crippen LogP contribution in [0, 0.1) is 5.41 Å². The monoisotopic (exact) mass is 258 g/mol. The Bertz CT molecular complexity index is 572. The van der Waals surface area contributed by atoms with Crippen molar-refractivity contribution in [3.8, 4) is 5.75 Å². The van der Waals surface area contributed by atoms with Crippen LogP contribution in [0.5, 0.6) is 5.75 Å². The Morgan fingerprint density at radius 3 is 2.58 bits per heavy atom. The highest BCUT2D eigenvalue weighted by molar-refractivity contribution is 5.92. The van der Waals surface area contributed by atoms with E-state index in [1.54, 1.807) is 7.11 Å². The number of benzene rings is 1. The second-order valence-corrected chi connectivity index (χ2v) is 5.98. The van der Waals surface area contributed by atoms with Crippen molar-refractivity contribution in [1.82, 2.24) is 4.98 Å². The number of nitrogens with zero attached hydrogens (tertiary/aromatic N) is 1. The normalized spacial score (nSPS) is 13.3. The Balaban J connectivity index is 2.42. The fourth-order valence-corrected chi connectivity index (χ4v) is 1.81. The molecule has 1 aromatic carbocycles. The second-order valence-electron chi connectivity index (χ2n) is 5.98. The maximum Gasteiger partial charge on any atom is 0.134 e. The molecule has 1 unspecified atom stereocenters. The van der Waals surface area contributed by atoms with Gasteiger partial charge in [-0.3, -0.25) is 0 Å². The van der Waals surface area contributed by atoms with E-state index < -0.39 is 0 Å². The minimum atomic E-state index is 0.183. The first-order valence-corrected chi connectivity index (χ1v) is 6.61. The molecule has 0 bridgehead atoms. The van der Waals surface area contributed by atoms with E-state index in [2.05, 4.69) is 44.1 Å². The third-order valence-electron chi connectivity index (χ3n) is 3.63. The fraction of sp³-hybridized carbons (Fsp3) is 0.438. The minimum absolute atomic E-state index is 0.183. The molecular formula is C16H22N2O. The summed E-state index contributed by atoms with van der Waals surface area (Å²) in [5.74, 6) is 1.77. The van der Waals surface area contributed by atoms with Crippen molar-refractivity contribution in [2.24, 2.45) is 5.41 Å². The van der Waals surface area contributed by atoms with Crippen molar-refractivity contribution in [2.45, 2.75) is 33.7 Å². The van der Waals surface area contributed by atoms with Gasteiger partial charge in [0.05, 0.1) is 7.11 Å². The Morgan fingerprint density at radius 1 is 1.21 bits per heavy atom. The average Bonchev–Trinajstić information content (AvgIpc) is 2.37. The number of pyridine rings is 1. The largest absolute Gasteiger partial charge is 0.497 e. The van der Waals surface area contributed by atoms with E-state index in [-0.39, 0.29) is 5.41 Å². The smallest absolute Gasteiger partial charge is 0.134 e. The molecule has 0 aliphatic carbocycles.